The lowest BCUT2D eigenvalue weighted by Crippen LogP contribution is -2.37. The highest BCUT2D eigenvalue weighted by atomic mass is 32.2. The van der Waals surface area contributed by atoms with Crippen molar-refractivity contribution >= 4 is 44.4 Å². The fraction of sp³-hybridized carbons (Fsp3) is 0.417. The van der Waals surface area contributed by atoms with Crippen LogP contribution in [-0.4, -0.2) is 48.2 Å². The zero-order valence-corrected chi connectivity index (χ0v) is 20.4. The van der Waals surface area contributed by atoms with E-state index in [1.807, 2.05) is 30.8 Å². The Bertz CT molecular complexity index is 1010. The number of rotatable bonds is 8. The number of anilines is 1. The second-order valence-corrected chi connectivity index (χ2v) is 10.9. The standard InChI is InChI=1S/C24H31N3OS2/c1-16(2)29-20-9-7-19(8-10-20)15-22(28)27(12-11-26(5)6)24-25-23-18(4)13-17(3)14-21(23)30-24/h7-10,13-14,16H,11-12,15H2,1-6H3. The number of carbonyl (C=O) groups is 1. The number of thioether (sulfide) groups is 1. The molecule has 0 bridgehead atoms. The number of aromatic nitrogens is 1. The van der Waals surface area contributed by atoms with Crippen molar-refractivity contribution < 1.29 is 4.79 Å². The maximum atomic E-state index is 13.3. The highest BCUT2D eigenvalue weighted by Gasteiger charge is 2.21. The maximum absolute atomic E-state index is 13.3. The molecule has 0 aliphatic carbocycles. The Labute approximate surface area is 188 Å². The molecule has 0 saturated heterocycles. The second kappa shape index (κ2) is 9.94. The van der Waals surface area contributed by atoms with Gasteiger partial charge in [0.2, 0.25) is 5.91 Å². The minimum Gasteiger partial charge on any atom is -0.308 e. The molecule has 30 heavy (non-hydrogen) atoms. The van der Waals surface area contributed by atoms with Gasteiger partial charge in [-0.1, -0.05) is 43.4 Å². The zero-order valence-electron chi connectivity index (χ0n) is 18.7. The molecular formula is C24H31N3OS2. The Morgan fingerprint density at radius 3 is 2.43 bits per heavy atom. The van der Waals surface area contributed by atoms with Crippen LogP contribution in [0.25, 0.3) is 10.2 Å². The lowest BCUT2D eigenvalue weighted by Gasteiger charge is -2.22. The molecule has 6 heteroatoms. The molecule has 0 aliphatic rings. The average molecular weight is 442 g/mol. The van der Waals surface area contributed by atoms with E-state index < -0.39 is 0 Å². The first kappa shape index (κ1) is 22.8. The number of benzene rings is 2. The molecule has 1 aromatic heterocycles. The van der Waals surface area contributed by atoms with Gasteiger partial charge in [0.05, 0.1) is 16.6 Å². The van der Waals surface area contributed by atoms with E-state index in [0.29, 0.717) is 18.2 Å². The summed E-state index contributed by atoms with van der Waals surface area (Å²) < 4.78 is 1.14. The third-order valence-electron chi connectivity index (χ3n) is 4.77. The van der Waals surface area contributed by atoms with Gasteiger partial charge in [-0.3, -0.25) is 9.69 Å². The molecule has 160 valence electrons. The van der Waals surface area contributed by atoms with Crippen LogP contribution < -0.4 is 4.90 Å². The molecular weight excluding hydrogens is 410 g/mol. The number of fused-ring (bicyclic) bond motifs is 1. The number of thiazole rings is 1. The summed E-state index contributed by atoms with van der Waals surface area (Å²) in [5.74, 6) is 0.0922. The van der Waals surface area contributed by atoms with Gasteiger partial charge in [0.15, 0.2) is 5.13 Å². The summed E-state index contributed by atoms with van der Waals surface area (Å²) in [7, 11) is 4.05. The van der Waals surface area contributed by atoms with Crippen LogP contribution in [0.2, 0.25) is 0 Å². The summed E-state index contributed by atoms with van der Waals surface area (Å²) in [6.45, 7) is 9.98. The summed E-state index contributed by atoms with van der Waals surface area (Å²) in [4.78, 5) is 23.3. The van der Waals surface area contributed by atoms with E-state index >= 15 is 0 Å². The van der Waals surface area contributed by atoms with E-state index in [0.717, 1.165) is 33.0 Å². The van der Waals surface area contributed by atoms with Gasteiger partial charge in [0, 0.05) is 23.2 Å². The minimum atomic E-state index is 0.0922. The number of aryl methyl sites for hydroxylation is 2. The zero-order chi connectivity index (χ0) is 21.8. The van der Waals surface area contributed by atoms with Crippen molar-refractivity contribution in [2.24, 2.45) is 0 Å². The lowest BCUT2D eigenvalue weighted by atomic mass is 10.1. The third-order valence-corrected chi connectivity index (χ3v) is 6.81. The summed E-state index contributed by atoms with van der Waals surface area (Å²) in [5, 5.41) is 1.34. The number of carbonyl (C=O) groups excluding carboxylic acids is 1. The molecule has 0 radical (unpaired) electrons. The highest BCUT2D eigenvalue weighted by molar-refractivity contribution is 7.99. The van der Waals surface area contributed by atoms with Crippen LogP contribution in [0.5, 0.6) is 0 Å². The monoisotopic (exact) mass is 441 g/mol. The van der Waals surface area contributed by atoms with Crippen LogP contribution >= 0.6 is 23.1 Å². The van der Waals surface area contributed by atoms with Crippen molar-refractivity contribution in [3.05, 3.63) is 53.1 Å². The summed E-state index contributed by atoms with van der Waals surface area (Å²) >= 11 is 3.44. The van der Waals surface area contributed by atoms with Gasteiger partial charge in [0.25, 0.3) is 0 Å². The van der Waals surface area contributed by atoms with Crippen LogP contribution in [0.15, 0.2) is 41.3 Å². The Balaban J connectivity index is 1.84. The van der Waals surface area contributed by atoms with Gasteiger partial charge in [0.1, 0.15) is 0 Å². The van der Waals surface area contributed by atoms with E-state index in [4.69, 9.17) is 4.98 Å². The fourth-order valence-electron chi connectivity index (χ4n) is 3.33. The predicted octanol–water partition coefficient (Wildman–Crippen LogP) is 5.55. The molecule has 0 unspecified atom stereocenters. The molecule has 1 amide bonds. The quantitative estimate of drug-likeness (QED) is 0.429. The predicted molar refractivity (Wildman–Crippen MR) is 131 cm³/mol. The lowest BCUT2D eigenvalue weighted by molar-refractivity contribution is -0.118. The molecule has 1 heterocycles. The topological polar surface area (TPSA) is 36.4 Å². The van der Waals surface area contributed by atoms with Gasteiger partial charge >= 0.3 is 0 Å². The van der Waals surface area contributed by atoms with E-state index in [9.17, 15) is 4.79 Å². The molecule has 0 N–H and O–H groups in total. The number of nitrogens with zero attached hydrogens (tertiary/aromatic N) is 3. The third kappa shape index (κ3) is 5.84. The van der Waals surface area contributed by atoms with Gasteiger partial charge in [-0.2, -0.15) is 0 Å². The molecule has 2 aromatic carbocycles. The first-order valence-corrected chi connectivity index (χ1v) is 12.0. The molecule has 0 spiro atoms. The Kier molecular flexibility index (Phi) is 7.55. The van der Waals surface area contributed by atoms with Crippen LogP contribution in [0.4, 0.5) is 5.13 Å². The minimum absolute atomic E-state index is 0.0922. The normalized spacial score (nSPS) is 11.6. The molecule has 0 saturated carbocycles. The second-order valence-electron chi connectivity index (χ2n) is 8.26. The molecule has 0 atom stereocenters. The first-order chi connectivity index (χ1) is 14.2. The molecule has 3 aromatic rings. The Morgan fingerprint density at radius 2 is 1.80 bits per heavy atom. The van der Waals surface area contributed by atoms with Gasteiger partial charge in [-0.15, -0.1) is 11.8 Å². The van der Waals surface area contributed by atoms with E-state index in [1.165, 1.54) is 10.5 Å². The molecule has 0 fully saturated rings. The average Bonchev–Trinajstić information content (AvgIpc) is 3.06. The summed E-state index contributed by atoms with van der Waals surface area (Å²) in [5.41, 5.74) is 4.42. The number of amides is 1. The maximum Gasteiger partial charge on any atom is 0.233 e. The molecule has 0 aliphatic heterocycles. The van der Waals surface area contributed by atoms with Gasteiger partial charge in [-0.25, -0.2) is 4.98 Å². The van der Waals surface area contributed by atoms with Crippen LogP contribution in [0.3, 0.4) is 0 Å². The molecule has 3 rings (SSSR count). The van der Waals surface area contributed by atoms with Gasteiger partial charge in [-0.05, 0) is 62.8 Å². The highest BCUT2D eigenvalue weighted by Crippen LogP contribution is 2.32. The Morgan fingerprint density at radius 1 is 1.10 bits per heavy atom. The van der Waals surface area contributed by atoms with Crippen LogP contribution in [0, 0.1) is 13.8 Å². The fourth-order valence-corrected chi connectivity index (χ4v) is 5.35. The van der Waals surface area contributed by atoms with Crippen LogP contribution in [0.1, 0.15) is 30.5 Å². The number of hydrogen-bond donors (Lipinski definition) is 0. The molecule has 4 nitrogen and oxygen atoms in total. The van der Waals surface area contributed by atoms with Crippen molar-refractivity contribution in [3.8, 4) is 0 Å². The van der Waals surface area contributed by atoms with Crippen molar-refractivity contribution in [1.29, 1.82) is 0 Å². The van der Waals surface area contributed by atoms with Crippen LogP contribution in [-0.2, 0) is 11.2 Å². The number of likely N-dealkylation sites (N-methyl/N-ethyl adjacent to an activating group) is 1. The SMILES string of the molecule is Cc1cc(C)c2nc(N(CCN(C)C)C(=O)Cc3ccc(SC(C)C)cc3)sc2c1. The van der Waals surface area contributed by atoms with Gasteiger partial charge < -0.3 is 4.90 Å². The summed E-state index contributed by atoms with van der Waals surface area (Å²) in [6.07, 6.45) is 0.383. The van der Waals surface area contributed by atoms with E-state index in [1.54, 1.807) is 11.3 Å². The van der Waals surface area contributed by atoms with Crippen molar-refractivity contribution in [1.82, 2.24) is 9.88 Å². The van der Waals surface area contributed by atoms with Crippen molar-refractivity contribution in [3.63, 3.8) is 0 Å². The number of hydrogen-bond acceptors (Lipinski definition) is 5. The van der Waals surface area contributed by atoms with E-state index in [-0.39, 0.29) is 5.91 Å². The smallest absolute Gasteiger partial charge is 0.233 e. The summed E-state index contributed by atoms with van der Waals surface area (Å²) in [6, 6.07) is 12.7. The van der Waals surface area contributed by atoms with Crippen molar-refractivity contribution in [2.45, 2.75) is 44.3 Å². The van der Waals surface area contributed by atoms with E-state index in [2.05, 4.69) is 69.0 Å². The van der Waals surface area contributed by atoms with Crippen molar-refractivity contribution in [2.75, 3.05) is 32.1 Å². The largest absolute Gasteiger partial charge is 0.308 e. The Hall–Kier alpha value is -1.89. The first-order valence-electron chi connectivity index (χ1n) is 10.3.